The number of amides is 1. The molecule has 1 aromatic heterocycles. The normalized spacial score (nSPS) is 12.3. The van der Waals surface area contributed by atoms with Crippen LogP contribution in [-0.4, -0.2) is 52.4 Å². The summed E-state index contributed by atoms with van der Waals surface area (Å²) in [5, 5.41) is 1.15. The third kappa shape index (κ3) is 4.58. The summed E-state index contributed by atoms with van der Waals surface area (Å²) in [6, 6.07) is 5.02. The van der Waals surface area contributed by atoms with Gasteiger partial charge in [-0.05, 0) is 39.0 Å². The molecule has 6 nitrogen and oxygen atoms in total. The Kier molecular flexibility index (Phi) is 7.49. The zero-order valence-corrected chi connectivity index (χ0v) is 17.1. The molecule has 2 rings (SSSR count). The SMILES string of the molecule is CCN(CC)C(=O)C(C)Sc1nc2cc(Cl)ccc2c(=O)n1CCOC. The van der Waals surface area contributed by atoms with Gasteiger partial charge < -0.3 is 9.64 Å². The molecule has 0 aliphatic heterocycles. The smallest absolute Gasteiger partial charge is 0.262 e. The van der Waals surface area contributed by atoms with E-state index in [2.05, 4.69) is 4.98 Å². The molecular weight excluding hydrogens is 374 g/mol. The van der Waals surface area contributed by atoms with Crippen molar-refractivity contribution in [3.05, 3.63) is 33.6 Å². The Morgan fingerprint density at radius 2 is 2.08 bits per heavy atom. The molecule has 0 radical (unpaired) electrons. The highest BCUT2D eigenvalue weighted by molar-refractivity contribution is 8.00. The van der Waals surface area contributed by atoms with E-state index < -0.39 is 0 Å². The van der Waals surface area contributed by atoms with Crippen molar-refractivity contribution >= 4 is 40.2 Å². The van der Waals surface area contributed by atoms with E-state index in [0.717, 1.165) is 0 Å². The average molecular weight is 398 g/mol. The van der Waals surface area contributed by atoms with E-state index in [0.29, 0.717) is 47.3 Å². The van der Waals surface area contributed by atoms with Crippen LogP contribution in [0.2, 0.25) is 5.02 Å². The van der Waals surface area contributed by atoms with Gasteiger partial charge in [-0.1, -0.05) is 23.4 Å². The van der Waals surface area contributed by atoms with E-state index >= 15 is 0 Å². The van der Waals surface area contributed by atoms with Crippen molar-refractivity contribution in [2.45, 2.75) is 37.7 Å². The number of ether oxygens (including phenoxy) is 1. The van der Waals surface area contributed by atoms with Gasteiger partial charge in [0.25, 0.3) is 5.56 Å². The largest absolute Gasteiger partial charge is 0.383 e. The maximum Gasteiger partial charge on any atom is 0.262 e. The Hall–Kier alpha value is -1.57. The van der Waals surface area contributed by atoms with Crippen molar-refractivity contribution in [3.63, 3.8) is 0 Å². The molecule has 1 amide bonds. The standard InChI is InChI=1S/C18H24ClN3O3S/c1-5-21(6-2)16(23)12(3)26-18-20-15-11-13(19)7-8-14(15)17(24)22(18)9-10-25-4/h7-8,11-12H,5-6,9-10H2,1-4H3. The predicted molar refractivity (Wildman–Crippen MR) is 106 cm³/mol. The van der Waals surface area contributed by atoms with Gasteiger partial charge in [0.05, 0.1) is 29.3 Å². The van der Waals surface area contributed by atoms with Gasteiger partial charge in [0.1, 0.15) is 0 Å². The Morgan fingerprint density at radius 1 is 1.38 bits per heavy atom. The Balaban J connectivity index is 2.46. The number of fused-ring (bicyclic) bond motifs is 1. The second-order valence-corrected chi connectivity index (χ2v) is 7.52. The van der Waals surface area contributed by atoms with Crippen molar-refractivity contribution in [3.8, 4) is 0 Å². The van der Waals surface area contributed by atoms with Crippen LogP contribution in [-0.2, 0) is 16.1 Å². The highest BCUT2D eigenvalue weighted by atomic mass is 35.5. The second kappa shape index (κ2) is 9.39. The van der Waals surface area contributed by atoms with Crippen molar-refractivity contribution < 1.29 is 9.53 Å². The number of halogens is 1. The Labute approximate surface area is 162 Å². The minimum absolute atomic E-state index is 0.0266. The van der Waals surface area contributed by atoms with Crippen LogP contribution >= 0.6 is 23.4 Å². The molecule has 0 spiro atoms. The number of nitrogens with zero attached hydrogens (tertiary/aromatic N) is 3. The molecule has 1 unspecified atom stereocenters. The van der Waals surface area contributed by atoms with Crippen LogP contribution in [0.15, 0.2) is 28.2 Å². The van der Waals surface area contributed by atoms with E-state index in [1.807, 2.05) is 20.8 Å². The van der Waals surface area contributed by atoms with Crippen LogP contribution in [0.5, 0.6) is 0 Å². The molecular formula is C18H24ClN3O3S. The lowest BCUT2D eigenvalue weighted by Gasteiger charge is -2.23. The van der Waals surface area contributed by atoms with Crippen LogP contribution in [0.4, 0.5) is 0 Å². The summed E-state index contributed by atoms with van der Waals surface area (Å²) in [7, 11) is 1.58. The molecule has 1 heterocycles. The lowest BCUT2D eigenvalue weighted by atomic mass is 10.2. The first kappa shape index (κ1) is 20.7. The number of carbonyl (C=O) groups excluding carboxylic acids is 1. The number of thioether (sulfide) groups is 1. The number of carbonyl (C=O) groups is 1. The quantitative estimate of drug-likeness (QED) is 0.506. The lowest BCUT2D eigenvalue weighted by molar-refractivity contribution is -0.129. The van der Waals surface area contributed by atoms with Crippen LogP contribution in [0.3, 0.4) is 0 Å². The highest BCUT2D eigenvalue weighted by Gasteiger charge is 2.22. The molecule has 0 aliphatic carbocycles. The van der Waals surface area contributed by atoms with Gasteiger partial charge in [0.2, 0.25) is 5.91 Å². The van der Waals surface area contributed by atoms with Gasteiger partial charge in [-0.25, -0.2) is 4.98 Å². The van der Waals surface area contributed by atoms with Gasteiger partial charge >= 0.3 is 0 Å². The molecule has 0 saturated heterocycles. The third-order valence-corrected chi connectivity index (χ3v) is 5.42. The van der Waals surface area contributed by atoms with Crippen molar-refractivity contribution in [1.29, 1.82) is 0 Å². The number of benzene rings is 1. The molecule has 142 valence electrons. The fourth-order valence-electron chi connectivity index (χ4n) is 2.64. The van der Waals surface area contributed by atoms with Gasteiger partial charge in [0.15, 0.2) is 5.16 Å². The van der Waals surface area contributed by atoms with Crippen molar-refractivity contribution in [1.82, 2.24) is 14.5 Å². The number of aromatic nitrogens is 2. The first-order valence-corrected chi connectivity index (χ1v) is 9.83. The summed E-state index contributed by atoms with van der Waals surface area (Å²) in [6.07, 6.45) is 0. The molecule has 1 atom stereocenters. The maximum absolute atomic E-state index is 12.9. The van der Waals surface area contributed by atoms with E-state index in [4.69, 9.17) is 16.3 Å². The van der Waals surface area contributed by atoms with E-state index in [1.54, 1.807) is 34.8 Å². The molecule has 26 heavy (non-hydrogen) atoms. The number of hydrogen-bond donors (Lipinski definition) is 0. The summed E-state index contributed by atoms with van der Waals surface area (Å²) in [6.45, 7) is 7.78. The van der Waals surface area contributed by atoms with Crippen molar-refractivity contribution in [2.75, 3.05) is 26.8 Å². The summed E-state index contributed by atoms with van der Waals surface area (Å²) >= 11 is 7.33. The topological polar surface area (TPSA) is 64.4 Å². The summed E-state index contributed by atoms with van der Waals surface area (Å²) in [4.78, 5) is 31.8. The molecule has 8 heteroatoms. The average Bonchev–Trinajstić information content (AvgIpc) is 2.62. The molecule has 0 fully saturated rings. The first-order chi connectivity index (χ1) is 12.4. The van der Waals surface area contributed by atoms with Crippen LogP contribution in [0.1, 0.15) is 20.8 Å². The van der Waals surface area contributed by atoms with Gasteiger partial charge in [-0.15, -0.1) is 0 Å². The maximum atomic E-state index is 12.9. The van der Waals surface area contributed by atoms with E-state index in [-0.39, 0.29) is 16.7 Å². The van der Waals surface area contributed by atoms with Gasteiger partial charge in [0, 0.05) is 25.2 Å². The number of methoxy groups -OCH3 is 1. The van der Waals surface area contributed by atoms with Crippen molar-refractivity contribution in [2.24, 2.45) is 0 Å². The molecule has 0 N–H and O–H groups in total. The summed E-state index contributed by atoms with van der Waals surface area (Å²) in [5.41, 5.74) is 0.370. The Morgan fingerprint density at radius 3 is 2.69 bits per heavy atom. The molecule has 1 aromatic carbocycles. The fourth-order valence-corrected chi connectivity index (χ4v) is 3.83. The van der Waals surface area contributed by atoms with Gasteiger partial charge in [-0.2, -0.15) is 0 Å². The van der Waals surface area contributed by atoms with E-state index in [1.165, 1.54) is 11.8 Å². The molecule has 0 saturated carbocycles. The van der Waals surface area contributed by atoms with Crippen LogP contribution in [0.25, 0.3) is 10.9 Å². The number of rotatable bonds is 8. The zero-order chi connectivity index (χ0) is 19.3. The third-order valence-electron chi connectivity index (χ3n) is 4.11. The zero-order valence-electron chi connectivity index (χ0n) is 15.5. The summed E-state index contributed by atoms with van der Waals surface area (Å²) in [5.74, 6) is 0.0266. The van der Waals surface area contributed by atoms with Crippen LogP contribution < -0.4 is 5.56 Å². The fraction of sp³-hybridized carbons (Fsp3) is 0.500. The second-order valence-electron chi connectivity index (χ2n) is 5.78. The lowest BCUT2D eigenvalue weighted by Crippen LogP contribution is -2.36. The molecule has 0 bridgehead atoms. The summed E-state index contributed by atoms with van der Waals surface area (Å²) < 4.78 is 6.69. The Bertz CT molecular complexity index is 836. The highest BCUT2D eigenvalue weighted by Crippen LogP contribution is 2.25. The number of hydrogen-bond acceptors (Lipinski definition) is 5. The minimum Gasteiger partial charge on any atom is -0.383 e. The predicted octanol–water partition coefficient (Wildman–Crippen LogP) is 3.05. The molecule has 0 aliphatic rings. The monoisotopic (exact) mass is 397 g/mol. The van der Waals surface area contributed by atoms with Gasteiger partial charge in [-0.3, -0.25) is 14.2 Å². The van der Waals surface area contributed by atoms with Crippen LogP contribution in [0, 0.1) is 0 Å². The molecule has 2 aromatic rings. The van der Waals surface area contributed by atoms with E-state index in [9.17, 15) is 9.59 Å². The minimum atomic E-state index is -0.354. The first-order valence-electron chi connectivity index (χ1n) is 8.57.